The zero-order chi connectivity index (χ0) is 13.9. The summed E-state index contributed by atoms with van der Waals surface area (Å²) in [7, 11) is 0. The Hall–Kier alpha value is -1.55. The predicted molar refractivity (Wildman–Crippen MR) is 75.0 cm³/mol. The van der Waals surface area contributed by atoms with Crippen LogP contribution >= 0.6 is 0 Å². The van der Waals surface area contributed by atoms with Crippen molar-refractivity contribution >= 4 is 5.91 Å². The molecule has 1 saturated carbocycles. The lowest BCUT2D eigenvalue weighted by Crippen LogP contribution is -2.56. The highest BCUT2D eigenvalue weighted by molar-refractivity contribution is 5.95. The first-order valence-corrected chi connectivity index (χ1v) is 6.86. The Labute approximate surface area is 114 Å². The van der Waals surface area contributed by atoms with E-state index >= 15 is 0 Å². The molecule has 1 fully saturated rings. The number of hydrogen-bond donors (Lipinski definition) is 3. The molecule has 1 aromatic carbocycles. The molecule has 4 nitrogen and oxygen atoms in total. The van der Waals surface area contributed by atoms with E-state index in [-0.39, 0.29) is 17.2 Å². The van der Waals surface area contributed by atoms with Gasteiger partial charge in [-0.1, -0.05) is 25.8 Å². The molecule has 0 spiro atoms. The molecule has 0 heterocycles. The van der Waals surface area contributed by atoms with E-state index in [0.717, 1.165) is 19.3 Å². The molecule has 1 aliphatic carbocycles. The summed E-state index contributed by atoms with van der Waals surface area (Å²) in [4.78, 5) is 12.3. The predicted octanol–water partition coefficient (Wildman–Crippen LogP) is 2.03. The van der Waals surface area contributed by atoms with Gasteiger partial charge in [-0.05, 0) is 37.0 Å². The summed E-state index contributed by atoms with van der Waals surface area (Å²) >= 11 is 0. The second kappa shape index (κ2) is 5.61. The van der Waals surface area contributed by atoms with Crippen molar-refractivity contribution in [3.63, 3.8) is 0 Å². The van der Waals surface area contributed by atoms with Crippen LogP contribution < -0.4 is 11.1 Å². The van der Waals surface area contributed by atoms with Crippen LogP contribution in [0, 0.1) is 5.92 Å². The van der Waals surface area contributed by atoms with Crippen LogP contribution in [0.3, 0.4) is 0 Å². The maximum absolute atomic E-state index is 12.3. The van der Waals surface area contributed by atoms with Gasteiger partial charge in [0, 0.05) is 12.1 Å². The van der Waals surface area contributed by atoms with Crippen LogP contribution in [0.25, 0.3) is 0 Å². The van der Waals surface area contributed by atoms with Gasteiger partial charge in [-0.3, -0.25) is 4.79 Å². The van der Waals surface area contributed by atoms with Gasteiger partial charge in [0.1, 0.15) is 5.75 Å². The van der Waals surface area contributed by atoms with E-state index in [1.807, 2.05) is 0 Å². The molecule has 1 aromatic rings. The number of nitrogens with two attached hydrogens (primary N) is 1. The van der Waals surface area contributed by atoms with Crippen molar-refractivity contribution in [2.24, 2.45) is 11.7 Å². The van der Waals surface area contributed by atoms with Crippen LogP contribution in [-0.4, -0.2) is 23.1 Å². The summed E-state index contributed by atoms with van der Waals surface area (Å²) in [5.74, 6) is 0.531. The molecule has 0 bridgehead atoms. The van der Waals surface area contributed by atoms with Crippen molar-refractivity contribution in [1.82, 2.24) is 5.32 Å². The van der Waals surface area contributed by atoms with Crippen molar-refractivity contribution in [1.29, 1.82) is 0 Å². The Balaban J connectivity index is 2.12. The number of phenols is 1. The largest absolute Gasteiger partial charge is 0.508 e. The maximum Gasteiger partial charge on any atom is 0.251 e. The molecule has 104 valence electrons. The lowest BCUT2D eigenvalue weighted by atomic mass is 9.76. The Morgan fingerprint density at radius 1 is 1.58 bits per heavy atom. The molecule has 0 saturated heterocycles. The minimum atomic E-state index is -0.291. The number of rotatable bonds is 3. The molecule has 0 aliphatic heterocycles. The number of amides is 1. The Morgan fingerprint density at radius 3 is 3.00 bits per heavy atom. The second-order valence-electron chi connectivity index (χ2n) is 5.69. The highest BCUT2D eigenvalue weighted by atomic mass is 16.3. The van der Waals surface area contributed by atoms with Crippen LogP contribution in [0.15, 0.2) is 24.3 Å². The fraction of sp³-hybridized carbons (Fsp3) is 0.533. The van der Waals surface area contributed by atoms with E-state index in [9.17, 15) is 9.90 Å². The molecule has 2 rings (SSSR count). The average Bonchev–Trinajstić information content (AvgIpc) is 2.38. The van der Waals surface area contributed by atoms with E-state index in [4.69, 9.17) is 5.73 Å². The number of benzene rings is 1. The lowest BCUT2D eigenvalue weighted by molar-refractivity contribution is 0.0853. The molecule has 1 amide bonds. The molecule has 1 aliphatic rings. The monoisotopic (exact) mass is 262 g/mol. The Morgan fingerprint density at radius 2 is 2.37 bits per heavy atom. The zero-order valence-corrected chi connectivity index (χ0v) is 11.4. The number of phenolic OH excluding ortho intramolecular Hbond substituents is 1. The van der Waals surface area contributed by atoms with Gasteiger partial charge < -0.3 is 16.2 Å². The van der Waals surface area contributed by atoms with Gasteiger partial charge in [0.2, 0.25) is 0 Å². The average molecular weight is 262 g/mol. The normalized spacial score (nSPS) is 26.9. The van der Waals surface area contributed by atoms with Gasteiger partial charge in [-0.15, -0.1) is 0 Å². The number of aromatic hydroxyl groups is 1. The van der Waals surface area contributed by atoms with Gasteiger partial charge in [0.25, 0.3) is 5.91 Å². The third-order valence-electron chi connectivity index (χ3n) is 3.97. The van der Waals surface area contributed by atoms with Crippen LogP contribution in [0.4, 0.5) is 0 Å². The van der Waals surface area contributed by atoms with Crippen molar-refractivity contribution < 1.29 is 9.90 Å². The second-order valence-corrected chi connectivity index (χ2v) is 5.69. The number of carbonyl (C=O) groups is 1. The van der Waals surface area contributed by atoms with Crippen molar-refractivity contribution in [2.45, 2.75) is 38.1 Å². The Bertz CT molecular complexity index is 461. The summed E-state index contributed by atoms with van der Waals surface area (Å²) in [6.07, 6.45) is 4.15. The van der Waals surface area contributed by atoms with Gasteiger partial charge in [0.05, 0.1) is 5.54 Å². The fourth-order valence-corrected chi connectivity index (χ4v) is 2.97. The van der Waals surface area contributed by atoms with Crippen molar-refractivity contribution in [2.75, 3.05) is 6.54 Å². The summed E-state index contributed by atoms with van der Waals surface area (Å²) in [6, 6.07) is 6.40. The van der Waals surface area contributed by atoms with Crippen LogP contribution in [-0.2, 0) is 0 Å². The first-order chi connectivity index (χ1) is 9.04. The number of hydrogen-bond acceptors (Lipinski definition) is 3. The quantitative estimate of drug-likeness (QED) is 0.780. The molecule has 4 heteroatoms. The van der Waals surface area contributed by atoms with Crippen LogP contribution in [0.5, 0.6) is 5.75 Å². The standard InChI is InChI=1S/C15H22N2O2/c1-11-4-3-7-15(9-11,10-16)17-14(19)12-5-2-6-13(18)8-12/h2,5-6,8,11,18H,3-4,7,9-10,16H2,1H3,(H,17,19). The zero-order valence-electron chi connectivity index (χ0n) is 11.4. The summed E-state index contributed by atoms with van der Waals surface area (Å²) in [5.41, 5.74) is 6.08. The van der Waals surface area contributed by atoms with Gasteiger partial charge in [0.15, 0.2) is 0 Å². The van der Waals surface area contributed by atoms with E-state index in [2.05, 4.69) is 12.2 Å². The van der Waals surface area contributed by atoms with E-state index in [0.29, 0.717) is 18.0 Å². The van der Waals surface area contributed by atoms with E-state index in [1.54, 1.807) is 18.2 Å². The van der Waals surface area contributed by atoms with E-state index < -0.39 is 0 Å². The third kappa shape index (κ3) is 3.26. The molecular formula is C15H22N2O2. The van der Waals surface area contributed by atoms with Gasteiger partial charge in [-0.2, -0.15) is 0 Å². The minimum absolute atomic E-state index is 0.103. The van der Waals surface area contributed by atoms with Crippen molar-refractivity contribution in [3.05, 3.63) is 29.8 Å². The van der Waals surface area contributed by atoms with Gasteiger partial charge >= 0.3 is 0 Å². The van der Waals surface area contributed by atoms with Crippen LogP contribution in [0.2, 0.25) is 0 Å². The number of carbonyl (C=O) groups excluding carboxylic acids is 1. The van der Waals surface area contributed by atoms with Gasteiger partial charge in [-0.25, -0.2) is 0 Å². The molecule has 2 unspecified atom stereocenters. The lowest BCUT2D eigenvalue weighted by Gasteiger charge is -2.40. The van der Waals surface area contributed by atoms with E-state index in [1.165, 1.54) is 12.5 Å². The first kappa shape index (κ1) is 13.9. The highest BCUT2D eigenvalue weighted by Crippen LogP contribution is 2.31. The first-order valence-electron chi connectivity index (χ1n) is 6.86. The third-order valence-corrected chi connectivity index (χ3v) is 3.97. The Kier molecular flexibility index (Phi) is 4.10. The molecule has 2 atom stereocenters. The molecular weight excluding hydrogens is 240 g/mol. The minimum Gasteiger partial charge on any atom is -0.508 e. The molecule has 4 N–H and O–H groups in total. The molecule has 19 heavy (non-hydrogen) atoms. The summed E-state index contributed by atoms with van der Waals surface area (Å²) < 4.78 is 0. The summed E-state index contributed by atoms with van der Waals surface area (Å²) in [5, 5.41) is 12.5. The SMILES string of the molecule is CC1CCCC(CN)(NC(=O)c2cccc(O)c2)C1. The van der Waals surface area contributed by atoms with Crippen LogP contribution in [0.1, 0.15) is 43.0 Å². The highest BCUT2D eigenvalue weighted by Gasteiger charge is 2.35. The number of nitrogens with one attached hydrogen (secondary N) is 1. The topological polar surface area (TPSA) is 75.3 Å². The maximum atomic E-state index is 12.3. The van der Waals surface area contributed by atoms with Crippen molar-refractivity contribution in [3.8, 4) is 5.75 Å². The molecule has 0 aromatic heterocycles. The smallest absolute Gasteiger partial charge is 0.251 e. The summed E-state index contributed by atoms with van der Waals surface area (Å²) in [6.45, 7) is 2.66. The fourth-order valence-electron chi connectivity index (χ4n) is 2.97. The molecule has 0 radical (unpaired) electrons.